The predicted octanol–water partition coefficient (Wildman–Crippen LogP) is 3.39. The molecule has 20 heavy (non-hydrogen) atoms. The smallest absolute Gasteiger partial charge is 0.257 e. The lowest BCUT2D eigenvalue weighted by molar-refractivity contribution is -0.247. The molecule has 1 fully saturated rings. The lowest BCUT2D eigenvalue weighted by Crippen LogP contribution is -2.34. The Morgan fingerprint density at radius 2 is 2.10 bits per heavy atom. The van der Waals surface area contributed by atoms with Crippen LogP contribution in [0.3, 0.4) is 0 Å². The van der Waals surface area contributed by atoms with E-state index in [9.17, 15) is 4.79 Å². The number of hydrogen-bond acceptors (Lipinski definition) is 3. The lowest BCUT2D eigenvalue weighted by Gasteiger charge is -2.20. The number of hydroxylamine groups is 2. The molecular formula is C15H20ClNO3. The number of benzene rings is 1. The van der Waals surface area contributed by atoms with E-state index >= 15 is 0 Å². The van der Waals surface area contributed by atoms with E-state index in [4.69, 9.17) is 21.2 Å². The molecule has 1 aliphatic heterocycles. The summed E-state index contributed by atoms with van der Waals surface area (Å²) in [7, 11) is 0. The van der Waals surface area contributed by atoms with Crippen LogP contribution in [0, 0.1) is 5.41 Å². The average molecular weight is 298 g/mol. The molecule has 0 N–H and O–H groups in total. The third-order valence-corrected chi connectivity index (χ3v) is 3.70. The van der Waals surface area contributed by atoms with Gasteiger partial charge in [-0.15, -0.1) is 0 Å². The number of halogens is 1. The van der Waals surface area contributed by atoms with Crippen molar-refractivity contribution in [3.05, 3.63) is 34.9 Å². The van der Waals surface area contributed by atoms with Crippen LogP contribution in [-0.2, 0) is 20.9 Å². The molecule has 5 heteroatoms. The van der Waals surface area contributed by atoms with Crippen molar-refractivity contribution < 1.29 is 14.4 Å². The zero-order chi connectivity index (χ0) is 14.8. The molecule has 0 radical (unpaired) electrons. The first-order valence-corrected chi connectivity index (χ1v) is 7.18. The quantitative estimate of drug-likeness (QED) is 0.836. The second kappa shape index (κ2) is 6.12. The molecule has 1 saturated heterocycles. The maximum atomic E-state index is 12.4. The number of carbonyl (C=O) groups is 1. The molecule has 0 aliphatic carbocycles. The minimum atomic E-state index is -0.684. The summed E-state index contributed by atoms with van der Waals surface area (Å²) >= 11 is 6.12. The molecule has 1 unspecified atom stereocenters. The molecule has 0 spiro atoms. The van der Waals surface area contributed by atoms with Crippen molar-refractivity contribution in [2.24, 2.45) is 5.41 Å². The van der Waals surface area contributed by atoms with E-state index in [1.54, 1.807) is 6.07 Å². The highest BCUT2D eigenvalue weighted by molar-refractivity contribution is 6.31. The van der Waals surface area contributed by atoms with Crippen LogP contribution in [0.2, 0.25) is 5.02 Å². The molecule has 0 saturated carbocycles. The number of hydrogen-bond donors (Lipinski definition) is 0. The summed E-state index contributed by atoms with van der Waals surface area (Å²) in [6, 6.07) is 7.42. The zero-order valence-electron chi connectivity index (χ0n) is 12.1. The van der Waals surface area contributed by atoms with Gasteiger partial charge in [0.1, 0.15) is 0 Å². The Kier molecular flexibility index (Phi) is 4.68. The Balaban J connectivity index is 2.10. The standard InChI is InChI=1S/C15H20ClNO3/c1-4-9-19-14-15(2,3)13(18)17(20-14)10-11-7-5-6-8-12(11)16/h5-8,14H,4,9-10H2,1-3H3. The Hall–Kier alpha value is -1.10. The molecule has 1 heterocycles. The molecule has 1 amide bonds. The van der Waals surface area contributed by atoms with E-state index in [-0.39, 0.29) is 5.91 Å². The van der Waals surface area contributed by atoms with Crippen molar-refractivity contribution in [3.8, 4) is 0 Å². The first kappa shape index (κ1) is 15.3. The Labute approximate surface area is 124 Å². The minimum absolute atomic E-state index is 0.0847. The van der Waals surface area contributed by atoms with E-state index < -0.39 is 11.7 Å². The van der Waals surface area contributed by atoms with Crippen molar-refractivity contribution in [2.45, 2.75) is 40.0 Å². The summed E-state index contributed by atoms with van der Waals surface area (Å²) in [6.45, 7) is 6.59. The summed E-state index contributed by atoms with van der Waals surface area (Å²) in [5.41, 5.74) is 0.172. The molecule has 1 aromatic carbocycles. The second-order valence-corrected chi connectivity index (χ2v) is 5.87. The highest BCUT2D eigenvalue weighted by Crippen LogP contribution is 2.36. The van der Waals surface area contributed by atoms with Gasteiger partial charge in [0.2, 0.25) is 0 Å². The van der Waals surface area contributed by atoms with Gasteiger partial charge in [0.15, 0.2) is 6.29 Å². The van der Waals surface area contributed by atoms with Crippen LogP contribution in [-0.4, -0.2) is 23.9 Å². The number of rotatable bonds is 5. The van der Waals surface area contributed by atoms with Gasteiger partial charge in [-0.2, -0.15) is 0 Å². The SMILES string of the molecule is CCCOC1ON(Cc2ccccc2Cl)C(=O)C1(C)C. The summed E-state index contributed by atoms with van der Waals surface area (Å²) in [5.74, 6) is -0.0847. The number of nitrogens with zero attached hydrogens (tertiary/aromatic N) is 1. The molecule has 2 rings (SSSR count). The molecule has 1 aromatic rings. The van der Waals surface area contributed by atoms with Gasteiger partial charge in [-0.3, -0.25) is 4.79 Å². The van der Waals surface area contributed by atoms with Crippen molar-refractivity contribution in [1.29, 1.82) is 0 Å². The average Bonchev–Trinajstić information content (AvgIpc) is 2.62. The van der Waals surface area contributed by atoms with E-state index in [0.29, 0.717) is 18.2 Å². The predicted molar refractivity (Wildman–Crippen MR) is 76.9 cm³/mol. The van der Waals surface area contributed by atoms with Crippen LogP contribution in [0.5, 0.6) is 0 Å². The zero-order valence-corrected chi connectivity index (χ0v) is 12.8. The van der Waals surface area contributed by atoms with Gasteiger partial charge in [0.25, 0.3) is 5.91 Å². The van der Waals surface area contributed by atoms with Gasteiger partial charge in [0, 0.05) is 11.6 Å². The van der Waals surface area contributed by atoms with Crippen molar-refractivity contribution in [2.75, 3.05) is 6.61 Å². The first-order chi connectivity index (χ1) is 9.46. The lowest BCUT2D eigenvalue weighted by atomic mass is 9.92. The summed E-state index contributed by atoms with van der Waals surface area (Å²) < 4.78 is 5.62. The number of amides is 1. The molecule has 110 valence electrons. The van der Waals surface area contributed by atoms with Gasteiger partial charge >= 0.3 is 0 Å². The Morgan fingerprint density at radius 1 is 1.40 bits per heavy atom. The number of ether oxygens (including phenoxy) is 1. The van der Waals surface area contributed by atoms with Crippen LogP contribution in [0.4, 0.5) is 0 Å². The van der Waals surface area contributed by atoms with Gasteiger partial charge in [-0.25, -0.2) is 9.90 Å². The van der Waals surface area contributed by atoms with E-state index in [1.807, 2.05) is 39.0 Å². The van der Waals surface area contributed by atoms with Crippen LogP contribution in [0.15, 0.2) is 24.3 Å². The van der Waals surface area contributed by atoms with Crippen LogP contribution < -0.4 is 0 Å². The van der Waals surface area contributed by atoms with E-state index in [1.165, 1.54) is 5.06 Å². The fourth-order valence-electron chi connectivity index (χ4n) is 2.07. The molecule has 0 bridgehead atoms. The van der Waals surface area contributed by atoms with Crippen molar-refractivity contribution >= 4 is 17.5 Å². The maximum absolute atomic E-state index is 12.4. The highest BCUT2D eigenvalue weighted by atomic mass is 35.5. The fraction of sp³-hybridized carbons (Fsp3) is 0.533. The van der Waals surface area contributed by atoms with Gasteiger partial charge in [0.05, 0.1) is 12.0 Å². The first-order valence-electron chi connectivity index (χ1n) is 6.80. The summed E-state index contributed by atoms with van der Waals surface area (Å²) in [4.78, 5) is 18.0. The fourth-order valence-corrected chi connectivity index (χ4v) is 2.27. The molecular weight excluding hydrogens is 278 g/mol. The van der Waals surface area contributed by atoms with Crippen LogP contribution >= 0.6 is 11.6 Å². The summed E-state index contributed by atoms with van der Waals surface area (Å²) in [5, 5.41) is 1.97. The Morgan fingerprint density at radius 3 is 2.75 bits per heavy atom. The third kappa shape index (κ3) is 2.97. The highest BCUT2D eigenvalue weighted by Gasteiger charge is 2.49. The van der Waals surface area contributed by atoms with Gasteiger partial charge in [-0.1, -0.05) is 36.7 Å². The second-order valence-electron chi connectivity index (χ2n) is 5.46. The molecule has 1 aliphatic rings. The molecule has 1 atom stereocenters. The van der Waals surface area contributed by atoms with Gasteiger partial charge < -0.3 is 4.74 Å². The van der Waals surface area contributed by atoms with Crippen LogP contribution in [0.1, 0.15) is 32.8 Å². The monoisotopic (exact) mass is 297 g/mol. The largest absolute Gasteiger partial charge is 0.349 e. The van der Waals surface area contributed by atoms with Crippen LogP contribution in [0.25, 0.3) is 0 Å². The maximum Gasteiger partial charge on any atom is 0.257 e. The van der Waals surface area contributed by atoms with Gasteiger partial charge in [-0.05, 0) is 31.9 Å². The minimum Gasteiger partial charge on any atom is -0.349 e. The third-order valence-electron chi connectivity index (χ3n) is 3.34. The molecule has 0 aromatic heterocycles. The van der Waals surface area contributed by atoms with Crippen molar-refractivity contribution in [1.82, 2.24) is 5.06 Å². The molecule has 4 nitrogen and oxygen atoms in total. The topological polar surface area (TPSA) is 38.8 Å². The van der Waals surface area contributed by atoms with E-state index in [2.05, 4.69) is 0 Å². The summed E-state index contributed by atoms with van der Waals surface area (Å²) in [6.07, 6.45) is 0.340. The van der Waals surface area contributed by atoms with Crippen molar-refractivity contribution in [3.63, 3.8) is 0 Å². The Bertz CT molecular complexity index is 490. The normalized spacial score (nSPS) is 21.5. The van der Waals surface area contributed by atoms with E-state index in [0.717, 1.165) is 12.0 Å². The number of carbonyl (C=O) groups excluding carboxylic acids is 1.